The van der Waals surface area contributed by atoms with Crippen molar-refractivity contribution in [3.8, 4) is 0 Å². The van der Waals surface area contributed by atoms with Crippen LogP contribution in [-0.2, 0) is 16.0 Å². The van der Waals surface area contributed by atoms with Crippen LogP contribution in [0.25, 0.3) is 10.8 Å². The molecule has 1 aliphatic rings. The summed E-state index contributed by atoms with van der Waals surface area (Å²) in [4.78, 5) is 40.9. The van der Waals surface area contributed by atoms with E-state index in [-0.39, 0.29) is 50.3 Å². The number of aliphatic hydroxyl groups excluding tert-OH is 1. The molecule has 39 heavy (non-hydrogen) atoms. The number of nitrogens with one attached hydrogen (secondary N) is 2. The fraction of sp³-hybridized carbons (Fsp3) is 0.345. The van der Waals surface area contributed by atoms with Crippen LogP contribution in [0.3, 0.4) is 0 Å². The Morgan fingerprint density at radius 1 is 1.05 bits per heavy atom. The van der Waals surface area contributed by atoms with Crippen LogP contribution in [0.2, 0.25) is 0 Å². The first-order chi connectivity index (χ1) is 18.3. The zero-order valence-electron chi connectivity index (χ0n) is 21.5. The lowest BCUT2D eigenvalue weighted by molar-refractivity contribution is -0.132. The number of nitrogens with zero attached hydrogens (tertiary/aromatic N) is 1. The third-order valence-corrected chi connectivity index (χ3v) is 6.84. The SMILES string of the molecule is Cl.NCC(O)CNC(=O)[C@@H](Cc1ccc2ccccc2c1)NC(=O)C1CCCN(C(=O)c2ccc(F)cc2)C1. The normalized spacial score (nSPS) is 16.6. The standard InChI is InChI=1S/C29H33FN4O4.ClH/c30-24-11-9-21(10-12-24)29(38)34-13-3-6-23(18-34)27(36)33-26(28(37)32-17-25(35)16-31)15-19-7-8-20-4-1-2-5-22(20)14-19;/h1-2,4-5,7-12,14,23,25-26,35H,3,6,13,15-18,31H2,(H,32,37)(H,33,36);1H/t23?,25?,26-;/m1./s1. The number of carbonyl (C=O) groups excluding carboxylic acids is 3. The Kier molecular flexibility index (Phi) is 10.8. The van der Waals surface area contributed by atoms with Gasteiger partial charge in [0.05, 0.1) is 12.0 Å². The van der Waals surface area contributed by atoms with E-state index in [2.05, 4.69) is 10.6 Å². The molecule has 3 amide bonds. The average molecular weight is 557 g/mol. The van der Waals surface area contributed by atoms with Gasteiger partial charge >= 0.3 is 0 Å². The van der Waals surface area contributed by atoms with Crippen LogP contribution in [0, 0.1) is 11.7 Å². The van der Waals surface area contributed by atoms with Crippen LogP contribution < -0.4 is 16.4 Å². The largest absolute Gasteiger partial charge is 0.390 e. The van der Waals surface area contributed by atoms with Crippen LogP contribution in [0.5, 0.6) is 0 Å². The first-order valence-electron chi connectivity index (χ1n) is 12.8. The van der Waals surface area contributed by atoms with Gasteiger partial charge in [-0.15, -0.1) is 12.4 Å². The smallest absolute Gasteiger partial charge is 0.253 e. The number of fused-ring (bicyclic) bond motifs is 1. The van der Waals surface area contributed by atoms with E-state index in [1.807, 2.05) is 42.5 Å². The summed E-state index contributed by atoms with van der Waals surface area (Å²) in [6.45, 7) is 0.682. The van der Waals surface area contributed by atoms with Crippen LogP contribution in [-0.4, -0.2) is 66.1 Å². The van der Waals surface area contributed by atoms with Gasteiger partial charge in [0.1, 0.15) is 11.9 Å². The van der Waals surface area contributed by atoms with E-state index >= 15 is 0 Å². The Hall–Kier alpha value is -3.53. The average Bonchev–Trinajstić information content (AvgIpc) is 2.95. The van der Waals surface area contributed by atoms with Gasteiger partial charge in [-0.3, -0.25) is 14.4 Å². The number of likely N-dealkylation sites (tertiary alicyclic amines) is 1. The number of rotatable bonds is 9. The fourth-order valence-electron chi connectivity index (χ4n) is 4.68. The molecular weight excluding hydrogens is 523 g/mol. The predicted molar refractivity (Wildman–Crippen MR) is 150 cm³/mol. The first-order valence-corrected chi connectivity index (χ1v) is 12.8. The fourth-order valence-corrected chi connectivity index (χ4v) is 4.68. The highest BCUT2D eigenvalue weighted by molar-refractivity contribution is 5.95. The minimum atomic E-state index is -0.889. The van der Waals surface area contributed by atoms with Crippen molar-refractivity contribution in [1.29, 1.82) is 0 Å². The van der Waals surface area contributed by atoms with E-state index in [0.717, 1.165) is 16.3 Å². The summed E-state index contributed by atoms with van der Waals surface area (Å²) in [6, 6.07) is 18.2. The van der Waals surface area contributed by atoms with Crippen molar-refractivity contribution < 1.29 is 23.9 Å². The quantitative estimate of drug-likeness (QED) is 0.322. The Morgan fingerprint density at radius 2 is 1.77 bits per heavy atom. The number of piperidine rings is 1. The van der Waals surface area contributed by atoms with Crippen LogP contribution in [0.1, 0.15) is 28.8 Å². The minimum absolute atomic E-state index is 0. The number of hydrogen-bond donors (Lipinski definition) is 4. The van der Waals surface area contributed by atoms with Gasteiger partial charge in [-0.25, -0.2) is 4.39 Å². The maximum absolute atomic E-state index is 13.3. The highest BCUT2D eigenvalue weighted by Gasteiger charge is 2.31. The molecule has 4 rings (SSSR count). The topological polar surface area (TPSA) is 125 Å². The summed E-state index contributed by atoms with van der Waals surface area (Å²) in [7, 11) is 0. The second-order valence-corrected chi connectivity index (χ2v) is 9.68. The van der Waals surface area contributed by atoms with Gasteiger partial charge in [0.15, 0.2) is 0 Å². The third-order valence-electron chi connectivity index (χ3n) is 6.84. The molecule has 8 nitrogen and oxygen atoms in total. The second-order valence-electron chi connectivity index (χ2n) is 9.68. The van der Waals surface area contributed by atoms with E-state index < -0.39 is 29.8 Å². The number of amides is 3. The number of nitrogens with two attached hydrogens (primary N) is 1. The highest BCUT2D eigenvalue weighted by Crippen LogP contribution is 2.21. The molecule has 1 aliphatic heterocycles. The summed E-state index contributed by atoms with van der Waals surface area (Å²) in [5.74, 6) is -1.92. The molecule has 1 saturated heterocycles. The molecule has 0 bridgehead atoms. The number of carbonyl (C=O) groups is 3. The molecule has 5 N–H and O–H groups in total. The molecule has 0 spiro atoms. The summed E-state index contributed by atoms with van der Waals surface area (Å²) in [5.41, 5.74) is 6.69. The van der Waals surface area contributed by atoms with Gasteiger partial charge in [0.2, 0.25) is 11.8 Å². The molecule has 208 valence electrons. The van der Waals surface area contributed by atoms with Crippen LogP contribution >= 0.6 is 12.4 Å². The van der Waals surface area contributed by atoms with E-state index in [0.29, 0.717) is 24.9 Å². The molecule has 3 atom stereocenters. The summed E-state index contributed by atoms with van der Waals surface area (Å²) in [5, 5.41) is 17.4. The molecular formula is C29H34ClFN4O4. The van der Waals surface area contributed by atoms with Crippen molar-refractivity contribution in [3.05, 3.63) is 83.7 Å². The van der Waals surface area contributed by atoms with Crippen molar-refractivity contribution in [1.82, 2.24) is 15.5 Å². The zero-order valence-corrected chi connectivity index (χ0v) is 22.3. The second kappa shape index (κ2) is 14.0. The summed E-state index contributed by atoms with van der Waals surface area (Å²) >= 11 is 0. The van der Waals surface area contributed by atoms with Crippen molar-refractivity contribution in [3.63, 3.8) is 0 Å². The maximum atomic E-state index is 13.3. The van der Waals surface area contributed by atoms with Crippen molar-refractivity contribution in [2.75, 3.05) is 26.2 Å². The Morgan fingerprint density at radius 3 is 2.49 bits per heavy atom. The van der Waals surface area contributed by atoms with E-state index in [4.69, 9.17) is 5.73 Å². The Labute approximate surface area is 233 Å². The molecule has 0 aliphatic carbocycles. The molecule has 1 fully saturated rings. The molecule has 0 radical (unpaired) electrons. The monoisotopic (exact) mass is 556 g/mol. The molecule has 2 unspecified atom stereocenters. The Bertz CT molecular complexity index is 1290. The summed E-state index contributed by atoms with van der Waals surface area (Å²) < 4.78 is 13.3. The number of halogens is 2. The van der Waals surface area contributed by atoms with Gasteiger partial charge in [-0.05, 0) is 53.4 Å². The van der Waals surface area contributed by atoms with E-state index in [1.54, 1.807) is 4.90 Å². The molecule has 3 aromatic rings. The van der Waals surface area contributed by atoms with Gasteiger partial charge < -0.3 is 26.4 Å². The summed E-state index contributed by atoms with van der Waals surface area (Å²) in [6.07, 6.45) is 0.580. The molecule has 0 aromatic heterocycles. The van der Waals surface area contributed by atoms with Crippen LogP contribution in [0.15, 0.2) is 66.7 Å². The molecule has 0 saturated carbocycles. The van der Waals surface area contributed by atoms with Crippen molar-refractivity contribution in [2.45, 2.75) is 31.4 Å². The van der Waals surface area contributed by atoms with E-state index in [1.165, 1.54) is 24.3 Å². The lowest BCUT2D eigenvalue weighted by Gasteiger charge is -2.33. The van der Waals surface area contributed by atoms with Gasteiger partial charge in [-0.2, -0.15) is 0 Å². The molecule has 10 heteroatoms. The van der Waals surface area contributed by atoms with Gasteiger partial charge in [0, 0.05) is 38.2 Å². The molecule has 3 aromatic carbocycles. The third kappa shape index (κ3) is 7.98. The predicted octanol–water partition coefficient (Wildman–Crippen LogP) is 2.42. The van der Waals surface area contributed by atoms with E-state index in [9.17, 15) is 23.9 Å². The Balaban J connectivity index is 0.00000420. The number of aliphatic hydroxyl groups is 1. The zero-order chi connectivity index (χ0) is 27.1. The van der Waals surface area contributed by atoms with Gasteiger partial charge in [0.25, 0.3) is 5.91 Å². The molecule has 1 heterocycles. The van der Waals surface area contributed by atoms with Crippen molar-refractivity contribution in [2.24, 2.45) is 11.7 Å². The van der Waals surface area contributed by atoms with Crippen LogP contribution in [0.4, 0.5) is 4.39 Å². The first kappa shape index (κ1) is 30.0. The maximum Gasteiger partial charge on any atom is 0.253 e. The highest BCUT2D eigenvalue weighted by atomic mass is 35.5. The lowest BCUT2D eigenvalue weighted by atomic mass is 9.95. The minimum Gasteiger partial charge on any atom is -0.390 e. The van der Waals surface area contributed by atoms with Crippen molar-refractivity contribution >= 4 is 40.9 Å². The van der Waals surface area contributed by atoms with Gasteiger partial charge in [-0.1, -0.05) is 42.5 Å². The number of hydrogen-bond acceptors (Lipinski definition) is 5. The number of benzene rings is 3. The lowest BCUT2D eigenvalue weighted by Crippen LogP contribution is -2.53.